The first-order valence-electron chi connectivity index (χ1n) is 10.8. The van der Waals surface area contributed by atoms with Gasteiger partial charge >= 0.3 is 0 Å². The molecule has 0 saturated carbocycles. The van der Waals surface area contributed by atoms with E-state index in [2.05, 4.69) is 34.9 Å². The van der Waals surface area contributed by atoms with Crippen LogP contribution in [-0.2, 0) is 6.61 Å². The molecular weight excluding hydrogens is 402 g/mol. The van der Waals surface area contributed by atoms with Crippen LogP contribution in [0.15, 0.2) is 53.3 Å². The van der Waals surface area contributed by atoms with E-state index in [0.29, 0.717) is 28.8 Å². The van der Waals surface area contributed by atoms with Crippen molar-refractivity contribution < 1.29 is 5.11 Å². The van der Waals surface area contributed by atoms with E-state index in [1.54, 1.807) is 24.3 Å². The maximum Gasteiger partial charge on any atom is 0.260 e. The maximum atomic E-state index is 13.3. The van der Waals surface area contributed by atoms with Crippen LogP contribution < -0.4 is 10.5 Å². The molecule has 1 aliphatic rings. The number of hydrogen-bond acceptors (Lipinski definition) is 6. The van der Waals surface area contributed by atoms with Gasteiger partial charge in [0.1, 0.15) is 0 Å². The molecular formula is C25H27N5O2. The van der Waals surface area contributed by atoms with Gasteiger partial charge in [0.15, 0.2) is 0 Å². The van der Waals surface area contributed by atoms with Gasteiger partial charge in [-0.3, -0.25) is 9.78 Å². The molecule has 0 radical (unpaired) electrons. The van der Waals surface area contributed by atoms with Crippen molar-refractivity contribution in [1.82, 2.24) is 14.9 Å². The van der Waals surface area contributed by atoms with Gasteiger partial charge in [-0.05, 0) is 50.2 Å². The first kappa shape index (κ1) is 21.8. The van der Waals surface area contributed by atoms with Gasteiger partial charge in [0.05, 0.1) is 29.5 Å². The Hall–Kier alpha value is -3.47. The number of piperidine rings is 1. The van der Waals surface area contributed by atoms with Gasteiger partial charge in [0, 0.05) is 24.7 Å². The number of anilines is 1. The zero-order chi connectivity index (χ0) is 22.7. The van der Waals surface area contributed by atoms with Crippen molar-refractivity contribution in [3.05, 3.63) is 70.0 Å². The number of aromatic nitrogens is 2. The van der Waals surface area contributed by atoms with Crippen LogP contribution >= 0.6 is 0 Å². The quantitative estimate of drug-likeness (QED) is 0.647. The van der Waals surface area contributed by atoms with E-state index < -0.39 is 0 Å². The maximum absolute atomic E-state index is 13.3. The number of benzene rings is 2. The van der Waals surface area contributed by atoms with Gasteiger partial charge in [-0.25, -0.2) is 4.98 Å². The highest BCUT2D eigenvalue weighted by molar-refractivity contribution is 5.81. The lowest BCUT2D eigenvalue weighted by molar-refractivity contribution is 0.249. The molecule has 32 heavy (non-hydrogen) atoms. The summed E-state index contributed by atoms with van der Waals surface area (Å²) in [6.07, 6.45) is 2.01. The van der Waals surface area contributed by atoms with E-state index in [1.165, 1.54) is 0 Å². The number of rotatable bonds is 5. The third-order valence-electron chi connectivity index (χ3n) is 6.11. The summed E-state index contributed by atoms with van der Waals surface area (Å²) in [5.74, 6) is 0.572. The zero-order valence-electron chi connectivity index (χ0n) is 18.4. The second-order valence-corrected chi connectivity index (χ2v) is 8.34. The van der Waals surface area contributed by atoms with Crippen LogP contribution in [0.1, 0.15) is 24.0 Å². The summed E-state index contributed by atoms with van der Waals surface area (Å²) in [6.45, 7) is 1.59. The number of aliphatic hydroxyl groups is 1. The Labute approximate surface area is 187 Å². The van der Waals surface area contributed by atoms with Gasteiger partial charge in [-0.1, -0.05) is 36.4 Å². The summed E-state index contributed by atoms with van der Waals surface area (Å²) in [7, 11) is 4.20. The van der Waals surface area contributed by atoms with Crippen LogP contribution in [-0.4, -0.2) is 53.2 Å². The summed E-state index contributed by atoms with van der Waals surface area (Å²) >= 11 is 0. The highest BCUT2D eigenvalue weighted by Gasteiger charge is 2.24. The number of nitrogens with one attached hydrogen (secondary N) is 1. The van der Waals surface area contributed by atoms with E-state index in [-0.39, 0.29) is 12.2 Å². The van der Waals surface area contributed by atoms with Gasteiger partial charge in [0.2, 0.25) is 5.95 Å². The van der Waals surface area contributed by atoms with Crippen molar-refractivity contribution in [2.24, 2.45) is 0 Å². The molecule has 1 aliphatic heterocycles. The summed E-state index contributed by atoms with van der Waals surface area (Å²) in [4.78, 5) is 25.6. The fraction of sp³-hybridized carbons (Fsp3) is 0.320. The first-order chi connectivity index (χ1) is 15.5. The SMILES string of the molecule is CN(C)C1CCN(c2nc(-c3ccc(C#N)cc3)c(-c3ccc(CO)cc3)c(=O)[nH]2)CC1. The molecule has 7 heteroatoms. The minimum absolute atomic E-state index is 0.0563. The van der Waals surface area contributed by atoms with Crippen molar-refractivity contribution >= 4 is 5.95 Å². The molecule has 4 rings (SSSR count). The highest BCUT2D eigenvalue weighted by Crippen LogP contribution is 2.30. The lowest BCUT2D eigenvalue weighted by atomic mass is 9.99. The molecule has 0 spiro atoms. The summed E-state index contributed by atoms with van der Waals surface area (Å²) in [5, 5.41) is 18.5. The van der Waals surface area contributed by atoms with Gasteiger partial charge in [0.25, 0.3) is 5.56 Å². The third-order valence-corrected chi connectivity index (χ3v) is 6.11. The van der Waals surface area contributed by atoms with Crippen LogP contribution in [0.25, 0.3) is 22.4 Å². The fourth-order valence-electron chi connectivity index (χ4n) is 4.16. The molecule has 3 aromatic rings. The molecule has 1 saturated heterocycles. The smallest absolute Gasteiger partial charge is 0.260 e. The van der Waals surface area contributed by atoms with E-state index in [0.717, 1.165) is 42.6 Å². The second-order valence-electron chi connectivity index (χ2n) is 8.34. The number of H-pyrrole nitrogens is 1. The van der Waals surface area contributed by atoms with E-state index >= 15 is 0 Å². The molecule has 164 valence electrons. The Kier molecular flexibility index (Phi) is 6.35. The lowest BCUT2D eigenvalue weighted by Crippen LogP contribution is -2.43. The second kappa shape index (κ2) is 9.35. The predicted octanol–water partition coefficient (Wildman–Crippen LogP) is 3.00. The monoisotopic (exact) mass is 429 g/mol. The lowest BCUT2D eigenvalue weighted by Gasteiger charge is -2.35. The van der Waals surface area contributed by atoms with Crippen molar-refractivity contribution in [3.63, 3.8) is 0 Å². The molecule has 0 atom stereocenters. The molecule has 1 fully saturated rings. The number of nitriles is 1. The Balaban J connectivity index is 1.79. The van der Waals surface area contributed by atoms with Crippen LogP contribution in [0.5, 0.6) is 0 Å². The minimum atomic E-state index is -0.208. The van der Waals surface area contributed by atoms with E-state index in [9.17, 15) is 9.90 Å². The Morgan fingerprint density at radius 1 is 1.09 bits per heavy atom. The largest absolute Gasteiger partial charge is 0.392 e. The molecule has 1 aromatic heterocycles. The minimum Gasteiger partial charge on any atom is -0.392 e. The summed E-state index contributed by atoms with van der Waals surface area (Å²) in [5.41, 5.74) is 3.69. The molecule has 0 unspecified atom stereocenters. The fourth-order valence-corrected chi connectivity index (χ4v) is 4.16. The number of hydrogen-bond donors (Lipinski definition) is 2. The van der Waals surface area contributed by atoms with Crippen LogP contribution in [0, 0.1) is 11.3 Å². The number of aromatic amines is 1. The molecule has 2 heterocycles. The third kappa shape index (κ3) is 4.42. The normalized spacial score (nSPS) is 14.5. The Morgan fingerprint density at radius 3 is 2.28 bits per heavy atom. The standard InChI is InChI=1S/C25H27N5O2/c1-29(2)21-11-13-30(14-12-21)25-27-23(20-9-3-17(15-26)4-10-20)22(24(32)28-25)19-7-5-18(16-31)6-8-19/h3-10,21,31H,11-14,16H2,1-2H3,(H,27,28,32). The zero-order valence-corrected chi connectivity index (χ0v) is 18.4. The predicted molar refractivity (Wildman–Crippen MR) is 125 cm³/mol. The van der Waals surface area contributed by atoms with E-state index in [1.807, 2.05) is 24.3 Å². The van der Waals surface area contributed by atoms with Crippen molar-refractivity contribution in [3.8, 4) is 28.5 Å². The molecule has 2 N–H and O–H groups in total. The van der Waals surface area contributed by atoms with Crippen molar-refractivity contribution in [2.45, 2.75) is 25.5 Å². The summed E-state index contributed by atoms with van der Waals surface area (Å²) in [6, 6.07) is 17.0. The molecule has 7 nitrogen and oxygen atoms in total. The molecule has 0 bridgehead atoms. The van der Waals surface area contributed by atoms with Gasteiger partial charge < -0.3 is 14.9 Å². The van der Waals surface area contributed by atoms with Gasteiger partial charge in [-0.2, -0.15) is 5.26 Å². The average Bonchev–Trinajstić information content (AvgIpc) is 2.84. The van der Waals surface area contributed by atoms with Crippen LogP contribution in [0.4, 0.5) is 5.95 Å². The highest BCUT2D eigenvalue weighted by atomic mass is 16.3. The number of nitrogens with zero attached hydrogens (tertiary/aromatic N) is 4. The average molecular weight is 430 g/mol. The topological polar surface area (TPSA) is 96.2 Å². The van der Waals surface area contributed by atoms with Crippen molar-refractivity contribution in [1.29, 1.82) is 5.26 Å². The molecule has 0 amide bonds. The Bertz CT molecular complexity index is 1170. The van der Waals surface area contributed by atoms with E-state index in [4.69, 9.17) is 10.2 Å². The first-order valence-corrected chi connectivity index (χ1v) is 10.8. The number of aliphatic hydroxyl groups excluding tert-OH is 1. The summed E-state index contributed by atoms with van der Waals surface area (Å²) < 4.78 is 0. The van der Waals surface area contributed by atoms with Crippen LogP contribution in [0.3, 0.4) is 0 Å². The Morgan fingerprint density at radius 2 is 1.72 bits per heavy atom. The molecule has 0 aliphatic carbocycles. The van der Waals surface area contributed by atoms with Gasteiger partial charge in [-0.15, -0.1) is 0 Å². The van der Waals surface area contributed by atoms with Crippen molar-refractivity contribution in [2.75, 3.05) is 32.1 Å². The molecule has 2 aromatic carbocycles. The van der Waals surface area contributed by atoms with Crippen LogP contribution in [0.2, 0.25) is 0 Å².